The van der Waals surface area contributed by atoms with Gasteiger partial charge in [0.15, 0.2) is 0 Å². The Hall–Kier alpha value is -2.83. The minimum Gasteiger partial charge on any atom is -0.494 e. The molecule has 0 aliphatic carbocycles. The normalized spacial score (nSPS) is 10.3. The van der Waals surface area contributed by atoms with Gasteiger partial charge >= 0.3 is 5.97 Å². The van der Waals surface area contributed by atoms with Crippen molar-refractivity contribution >= 4 is 17.8 Å². The van der Waals surface area contributed by atoms with Crippen LogP contribution in [0.1, 0.15) is 35.5 Å². The van der Waals surface area contributed by atoms with Crippen LogP contribution in [0.15, 0.2) is 28.8 Å². The first-order chi connectivity index (χ1) is 11.5. The Bertz CT molecular complexity index is 706. The molecular formula is C17H20N2O5. The number of aromatic nitrogens is 1. The summed E-state index contributed by atoms with van der Waals surface area (Å²) in [5.41, 5.74) is 1.31. The quantitative estimate of drug-likeness (QED) is 0.784. The van der Waals surface area contributed by atoms with Crippen molar-refractivity contribution in [3.63, 3.8) is 0 Å². The number of aryl methyl sites for hydroxylation is 1. The number of anilines is 1. The van der Waals surface area contributed by atoms with E-state index in [-0.39, 0.29) is 30.4 Å². The summed E-state index contributed by atoms with van der Waals surface area (Å²) in [4.78, 5) is 24.1. The first-order valence-corrected chi connectivity index (χ1v) is 7.70. The first kappa shape index (κ1) is 17.5. The van der Waals surface area contributed by atoms with Gasteiger partial charge in [0.1, 0.15) is 11.3 Å². The zero-order chi connectivity index (χ0) is 17.5. The maximum atomic E-state index is 12.2. The van der Waals surface area contributed by atoms with Gasteiger partial charge in [-0.25, -0.2) is 4.79 Å². The topological polar surface area (TPSA) is 90.7 Å². The van der Waals surface area contributed by atoms with Gasteiger partial charge in [-0.2, -0.15) is 0 Å². The second kappa shape index (κ2) is 8.14. The molecule has 0 saturated heterocycles. The third kappa shape index (κ3) is 4.34. The van der Waals surface area contributed by atoms with Crippen molar-refractivity contribution in [2.24, 2.45) is 0 Å². The molecule has 1 N–H and O–H groups in total. The van der Waals surface area contributed by atoms with E-state index in [0.717, 1.165) is 11.3 Å². The average Bonchev–Trinajstić information content (AvgIpc) is 2.90. The fourth-order valence-corrected chi connectivity index (χ4v) is 2.13. The van der Waals surface area contributed by atoms with Gasteiger partial charge in [-0.3, -0.25) is 10.1 Å². The number of hydrogen-bond acceptors (Lipinski definition) is 6. The minimum atomic E-state index is -0.576. The molecule has 0 radical (unpaired) electrons. The SMILES string of the molecule is CCOC(=O)c1c(C)noc1NC(=O)Cc1ccc(OCC)cc1. The van der Waals surface area contributed by atoms with Gasteiger partial charge < -0.3 is 14.0 Å². The van der Waals surface area contributed by atoms with Crippen LogP contribution in [-0.4, -0.2) is 30.2 Å². The standard InChI is InChI=1S/C17H20N2O5/c1-4-22-13-8-6-12(7-9-13)10-14(20)18-16-15(11(3)19-24-16)17(21)23-5-2/h6-9H,4-5,10H2,1-3H3,(H,18,20). The predicted molar refractivity (Wildman–Crippen MR) is 87.1 cm³/mol. The number of carbonyl (C=O) groups excluding carboxylic acids is 2. The summed E-state index contributed by atoms with van der Waals surface area (Å²) in [6.07, 6.45) is 0.133. The van der Waals surface area contributed by atoms with Crippen LogP contribution in [0, 0.1) is 6.92 Å². The van der Waals surface area contributed by atoms with E-state index in [1.54, 1.807) is 26.0 Å². The molecule has 0 saturated carbocycles. The van der Waals surface area contributed by atoms with Crippen LogP contribution in [0.25, 0.3) is 0 Å². The third-order valence-corrected chi connectivity index (χ3v) is 3.19. The molecule has 0 aliphatic heterocycles. The molecule has 1 amide bonds. The Morgan fingerprint density at radius 1 is 1.17 bits per heavy atom. The molecule has 1 aromatic heterocycles. The summed E-state index contributed by atoms with van der Waals surface area (Å²) in [7, 11) is 0. The van der Waals surface area contributed by atoms with Crippen molar-refractivity contribution in [2.75, 3.05) is 18.5 Å². The molecule has 0 aliphatic rings. The molecule has 0 spiro atoms. The molecule has 0 atom stereocenters. The maximum absolute atomic E-state index is 12.2. The number of benzene rings is 1. The number of hydrogen-bond donors (Lipinski definition) is 1. The number of ether oxygens (including phenoxy) is 2. The van der Waals surface area contributed by atoms with Gasteiger partial charge in [0.25, 0.3) is 0 Å². The van der Waals surface area contributed by atoms with Crippen LogP contribution in [0.2, 0.25) is 0 Å². The van der Waals surface area contributed by atoms with Crippen LogP contribution in [-0.2, 0) is 16.0 Å². The summed E-state index contributed by atoms with van der Waals surface area (Å²) >= 11 is 0. The molecule has 0 unspecified atom stereocenters. The zero-order valence-electron chi connectivity index (χ0n) is 13.9. The molecule has 7 nitrogen and oxygen atoms in total. The molecule has 7 heteroatoms. The number of esters is 1. The van der Waals surface area contributed by atoms with E-state index in [1.165, 1.54) is 0 Å². The van der Waals surface area contributed by atoms with Crippen molar-refractivity contribution in [2.45, 2.75) is 27.2 Å². The highest BCUT2D eigenvalue weighted by Gasteiger charge is 2.23. The summed E-state index contributed by atoms with van der Waals surface area (Å²) in [6.45, 7) is 6.02. The monoisotopic (exact) mass is 332 g/mol. The molecule has 2 rings (SSSR count). The highest BCUT2D eigenvalue weighted by atomic mass is 16.5. The first-order valence-electron chi connectivity index (χ1n) is 7.70. The van der Waals surface area contributed by atoms with Gasteiger partial charge in [-0.05, 0) is 38.5 Å². The molecule has 24 heavy (non-hydrogen) atoms. The third-order valence-electron chi connectivity index (χ3n) is 3.19. The van der Waals surface area contributed by atoms with Crippen LogP contribution < -0.4 is 10.1 Å². The smallest absolute Gasteiger partial charge is 0.345 e. The number of nitrogens with one attached hydrogen (secondary N) is 1. The van der Waals surface area contributed by atoms with E-state index in [2.05, 4.69) is 10.5 Å². The van der Waals surface area contributed by atoms with Crippen molar-refractivity contribution in [1.29, 1.82) is 0 Å². The Morgan fingerprint density at radius 2 is 1.88 bits per heavy atom. The molecule has 0 fully saturated rings. The number of rotatable bonds is 7. The lowest BCUT2D eigenvalue weighted by atomic mass is 10.1. The maximum Gasteiger partial charge on any atom is 0.345 e. The Kier molecular flexibility index (Phi) is 5.95. The van der Waals surface area contributed by atoms with Gasteiger partial charge in [0, 0.05) is 0 Å². The van der Waals surface area contributed by atoms with E-state index in [4.69, 9.17) is 14.0 Å². The van der Waals surface area contributed by atoms with E-state index >= 15 is 0 Å². The van der Waals surface area contributed by atoms with Crippen LogP contribution >= 0.6 is 0 Å². The van der Waals surface area contributed by atoms with E-state index < -0.39 is 5.97 Å². The second-order valence-electron chi connectivity index (χ2n) is 4.99. The summed E-state index contributed by atoms with van der Waals surface area (Å²) in [5, 5.41) is 6.26. The Balaban J connectivity index is 2.03. The van der Waals surface area contributed by atoms with Crippen LogP contribution in [0.5, 0.6) is 5.75 Å². The number of amides is 1. The highest BCUT2D eigenvalue weighted by Crippen LogP contribution is 2.21. The lowest BCUT2D eigenvalue weighted by molar-refractivity contribution is -0.115. The van der Waals surface area contributed by atoms with Crippen LogP contribution in [0.4, 0.5) is 5.88 Å². The minimum absolute atomic E-state index is 0.00175. The van der Waals surface area contributed by atoms with Crippen molar-refractivity contribution in [1.82, 2.24) is 5.16 Å². The molecule has 2 aromatic rings. The van der Waals surface area contributed by atoms with Gasteiger partial charge in [-0.1, -0.05) is 17.3 Å². The fraction of sp³-hybridized carbons (Fsp3) is 0.353. The van der Waals surface area contributed by atoms with E-state index in [0.29, 0.717) is 12.3 Å². The molecule has 128 valence electrons. The lowest BCUT2D eigenvalue weighted by Crippen LogP contribution is -2.17. The van der Waals surface area contributed by atoms with E-state index in [9.17, 15) is 9.59 Å². The average molecular weight is 332 g/mol. The van der Waals surface area contributed by atoms with Gasteiger partial charge in [0.05, 0.1) is 25.3 Å². The van der Waals surface area contributed by atoms with Crippen molar-refractivity contribution < 1.29 is 23.6 Å². The predicted octanol–water partition coefficient (Wildman–Crippen LogP) is 2.74. The largest absolute Gasteiger partial charge is 0.494 e. The molecule has 1 heterocycles. The molecule has 0 bridgehead atoms. The lowest BCUT2D eigenvalue weighted by Gasteiger charge is -2.06. The zero-order valence-corrected chi connectivity index (χ0v) is 13.9. The highest BCUT2D eigenvalue weighted by molar-refractivity contribution is 6.00. The molecular weight excluding hydrogens is 312 g/mol. The van der Waals surface area contributed by atoms with E-state index in [1.807, 2.05) is 19.1 Å². The Morgan fingerprint density at radius 3 is 2.50 bits per heavy atom. The van der Waals surface area contributed by atoms with Gasteiger partial charge in [0.2, 0.25) is 11.8 Å². The summed E-state index contributed by atoms with van der Waals surface area (Å²) < 4.78 is 15.3. The van der Waals surface area contributed by atoms with Crippen LogP contribution in [0.3, 0.4) is 0 Å². The van der Waals surface area contributed by atoms with Gasteiger partial charge in [-0.15, -0.1) is 0 Å². The number of carbonyl (C=O) groups is 2. The second-order valence-corrected chi connectivity index (χ2v) is 4.99. The fourth-order valence-electron chi connectivity index (χ4n) is 2.13. The number of nitrogens with zero attached hydrogens (tertiary/aromatic N) is 1. The van der Waals surface area contributed by atoms with Crippen molar-refractivity contribution in [3.8, 4) is 5.75 Å². The summed E-state index contributed by atoms with van der Waals surface area (Å²) in [5.74, 6) is -0.146. The molecule has 1 aromatic carbocycles. The van der Waals surface area contributed by atoms with Crippen molar-refractivity contribution in [3.05, 3.63) is 41.1 Å². The Labute approximate surface area is 139 Å². The summed E-state index contributed by atoms with van der Waals surface area (Å²) in [6, 6.07) is 7.22.